The molecule has 29 heavy (non-hydrogen) atoms. The monoisotopic (exact) mass is 460 g/mol. The van der Waals surface area contributed by atoms with E-state index in [1.54, 1.807) is 31.2 Å². The van der Waals surface area contributed by atoms with E-state index in [9.17, 15) is 9.59 Å². The number of Topliss-reactive ketones (excluding diaryl/α,β-unsaturated/α-hetero) is 1. The topological polar surface area (TPSA) is 80.3 Å². The van der Waals surface area contributed by atoms with Crippen molar-refractivity contribution in [3.8, 4) is 17.2 Å². The predicted octanol–water partition coefficient (Wildman–Crippen LogP) is 3.87. The van der Waals surface area contributed by atoms with Gasteiger partial charge in [-0.05, 0) is 37.3 Å². The maximum Gasteiger partial charge on any atom is 0.346 e. The highest BCUT2D eigenvalue weighted by molar-refractivity contribution is 9.10. The van der Waals surface area contributed by atoms with Gasteiger partial charge in [-0.3, -0.25) is 4.79 Å². The second-order valence-electron chi connectivity index (χ2n) is 6.47. The Hall–Kier alpha value is -2.84. The zero-order chi connectivity index (χ0) is 20.5. The molecule has 2 heterocycles. The third-order valence-electron chi connectivity index (χ3n) is 4.48. The Labute approximate surface area is 175 Å². The van der Waals surface area contributed by atoms with Crippen LogP contribution in [-0.4, -0.2) is 31.8 Å². The van der Waals surface area contributed by atoms with Gasteiger partial charge in [0.1, 0.15) is 17.2 Å². The molecule has 0 spiro atoms. The predicted molar refractivity (Wildman–Crippen MR) is 106 cm³/mol. The zero-order valence-corrected chi connectivity index (χ0v) is 17.3. The number of ketones is 1. The molecule has 2 aliphatic heterocycles. The number of benzene rings is 2. The summed E-state index contributed by atoms with van der Waals surface area (Å²) in [5, 5.41) is 0. The first-order chi connectivity index (χ1) is 14.0. The van der Waals surface area contributed by atoms with E-state index in [1.165, 1.54) is 7.11 Å². The third-order valence-corrected chi connectivity index (χ3v) is 4.94. The van der Waals surface area contributed by atoms with Crippen LogP contribution in [-0.2, 0) is 20.9 Å². The summed E-state index contributed by atoms with van der Waals surface area (Å²) in [4.78, 5) is 24.3. The van der Waals surface area contributed by atoms with E-state index in [-0.39, 0.29) is 18.3 Å². The Morgan fingerprint density at radius 3 is 2.90 bits per heavy atom. The normalized spacial score (nSPS) is 17.1. The fourth-order valence-electron chi connectivity index (χ4n) is 3.12. The van der Waals surface area contributed by atoms with E-state index in [0.29, 0.717) is 35.0 Å². The molecular formula is C21H17BrO7. The minimum atomic E-state index is -0.780. The lowest BCUT2D eigenvalue weighted by Crippen LogP contribution is -2.24. The standard InChI is InChI=1S/C21H17BrO7/c1-11(21(24)25-2)28-15-3-4-16-17(8-15)29-18(19(16)23)7-12-5-14(22)6-13-9-26-10-27-20(12)13/h3-8,11H,9-10H2,1-2H3. The molecule has 0 saturated heterocycles. The first kappa shape index (κ1) is 19.5. The Morgan fingerprint density at radius 2 is 2.10 bits per heavy atom. The molecule has 0 amide bonds. The highest BCUT2D eigenvalue weighted by Gasteiger charge is 2.29. The van der Waals surface area contributed by atoms with Crippen LogP contribution in [0.5, 0.6) is 17.2 Å². The van der Waals surface area contributed by atoms with Crippen molar-refractivity contribution in [2.45, 2.75) is 19.6 Å². The maximum absolute atomic E-state index is 12.8. The van der Waals surface area contributed by atoms with E-state index in [0.717, 1.165) is 10.0 Å². The van der Waals surface area contributed by atoms with Gasteiger partial charge in [-0.2, -0.15) is 0 Å². The van der Waals surface area contributed by atoms with Crippen LogP contribution in [0.2, 0.25) is 0 Å². The van der Waals surface area contributed by atoms with E-state index in [1.807, 2.05) is 12.1 Å². The van der Waals surface area contributed by atoms with Crippen molar-refractivity contribution in [3.63, 3.8) is 0 Å². The number of halogens is 1. The number of methoxy groups -OCH3 is 1. The number of carbonyl (C=O) groups is 2. The van der Waals surface area contributed by atoms with Gasteiger partial charge in [0.15, 0.2) is 18.7 Å². The van der Waals surface area contributed by atoms with Crippen LogP contribution in [0.3, 0.4) is 0 Å². The van der Waals surface area contributed by atoms with Gasteiger partial charge < -0.3 is 23.7 Å². The van der Waals surface area contributed by atoms with Gasteiger partial charge in [0, 0.05) is 21.7 Å². The summed E-state index contributed by atoms with van der Waals surface area (Å²) in [6, 6.07) is 8.56. The molecule has 8 heteroatoms. The largest absolute Gasteiger partial charge is 0.479 e. The summed E-state index contributed by atoms with van der Waals surface area (Å²) in [5.74, 6) is 0.864. The number of hydrogen-bond donors (Lipinski definition) is 0. The van der Waals surface area contributed by atoms with Crippen LogP contribution < -0.4 is 14.2 Å². The Kier molecular flexibility index (Phi) is 5.29. The summed E-state index contributed by atoms with van der Waals surface area (Å²) in [7, 11) is 1.29. The second kappa shape index (κ2) is 7.88. The van der Waals surface area contributed by atoms with Gasteiger partial charge in [-0.25, -0.2) is 4.79 Å². The molecule has 4 rings (SSSR count). The van der Waals surface area contributed by atoms with E-state index in [4.69, 9.17) is 18.9 Å². The zero-order valence-electron chi connectivity index (χ0n) is 15.7. The molecule has 2 aromatic rings. The van der Waals surface area contributed by atoms with Crippen LogP contribution in [0.1, 0.15) is 28.4 Å². The maximum atomic E-state index is 12.8. The average molecular weight is 461 g/mol. The highest BCUT2D eigenvalue weighted by Crippen LogP contribution is 2.38. The van der Waals surface area contributed by atoms with Gasteiger partial charge >= 0.3 is 5.97 Å². The van der Waals surface area contributed by atoms with E-state index >= 15 is 0 Å². The molecule has 0 aliphatic carbocycles. The summed E-state index contributed by atoms with van der Waals surface area (Å²) in [5.41, 5.74) is 2.01. The number of carbonyl (C=O) groups excluding carboxylic acids is 2. The first-order valence-electron chi connectivity index (χ1n) is 8.82. The Morgan fingerprint density at radius 1 is 1.28 bits per heavy atom. The summed E-state index contributed by atoms with van der Waals surface area (Å²) < 4.78 is 27.7. The molecule has 0 radical (unpaired) electrons. The molecule has 0 saturated carbocycles. The molecule has 0 bridgehead atoms. The molecule has 7 nitrogen and oxygen atoms in total. The lowest BCUT2D eigenvalue weighted by Gasteiger charge is -2.20. The molecule has 2 aromatic carbocycles. The van der Waals surface area contributed by atoms with Crippen molar-refractivity contribution in [1.82, 2.24) is 0 Å². The lowest BCUT2D eigenvalue weighted by atomic mass is 10.1. The number of esters is 1. The van der Waals surface area contributed by atoms with Gasteiger partial charge in [0.05, 0.1) is 19.3 Å². The van der Waals surface area contributed by atoms with Gasteiger partial charge in [-0.15, -0.1) is 0 Å². The molecule has 150 valence electrons. The SMILES string of the molecule is COC(=O)C(C)Oc1ccc2c(c1)OC(=Cc1cc(Br)cc3c1OCOC3)C2=O. The molecule has 0 N–H and O–H groups in total. The Bertz CT molecular complexity index is 1030. The number of ether oxygens (including phenoxy) is 5. The number of allylic oxidation sites excluding steroid dienone is 1. The molecule has 2 aliphatic rings. The van der Waals surface area contributed by atoms with Crippen LogP contribution >= 0.6 is 15.9 Å². The van der Waals surface area contributed by atoms with Crippen molar-refractivity contribution in [2.24, 2.45) is 0 Å². The van der Waals surface area contributed by atoms with E-state index in [2.05, 4.69) is 20.7 Å². The fourth-order valence-corrected chi connectivity index (χ4v) is 3.64. The second-order valence-corrected chi connectivity index (χ2v) is 7.39. The van der Waals surface area contributed by atoms with E-state index < -0.39 is 12.1 Å². The summed E-state index contributed by atoms with van der Waals surface area (Å²) in [6.45, 7) is 2.16. The minimum Gasteiger partial charge on any atom is -0.479 e. The van der Waals surface area contributed by atoms with Crippen LogP contribution in [0.15, 0.2) is 40.6 Å². The first-order valence-corrected chi connectivity index (χ1v) is 9.61. The van der Waals surface area contributed by atoms with Crippen molar-refractivity contribution in [2.75, 3.05) is 13.9 Å². The fraction of sp³-hybridized carbons (Fsp3) is 0.238. The lowest BCUT2D eigenvalue weighted by molar-refractivity contribution is -0.147. The summed E-state index contributed by atoms with van der Waals surface area (Å²) >= 11 is 3.46. The van der Waals surface area contributed by atoms with Crippen LogP contribution in [0, 0.1) is 0 Å². The van der Waals surface area contributed by atoms with Crippen molar-refractivity contribution in [1.29, 1.82) is 0 Å². The minimum absolute atomic E-state index is 0.152. The van der Waals surface area contributed by atoms with Crippen molar-refractivity contribution in [3.05, 3.63) is 57.3 Å². The van der Waals surface area contributed by atoms with Gasteiger partial charge in [-0.1, -0.05) is 15.9 Å². The quantitative estimate of drug-likeness (QED) is 0.505. The van der Waals surface area contributed by atoms with Gasteiger partial charge in [0.2, 0.25) is 5.78 Å². The summed E-state index contributed by atoms with van der Waals surface area (Å²) in [6.07, 6.45) is 0.868. The molecule has 0 fully saturated rings. The van der Waals surface area contributed by atoms with Crippen molar-refractivity contribution < 1.29 is 33.3 Å². The molecule has 0 aromatic heterocycles. The smallest absolute Gasteiger partial charge is 0.346 e. The van der Waals surface area contributed by atoms with Crippen LogP contribution in [0.25, 0.3) is 6.08 Å². The Balaban J connectivity index is 1.62. The molecular weight excluding hydrogens is 444 g/mol. The third kappa shape index (κ3) is 3.86. The van der Waals surface area contributed by atoms with Crippen LogP contribution in [0.4, 0.5) is 0 Å². The average Bonchev–Trinajstić information content (AvgIpc) is 3.02. The molecule has 1 unspecified atom stereocenters. The van der Waals surface area contributed by atoms with Crippen molar-refractivity contribution >= 4 is 33.8 Å². The number of hydrogen-bond acceptors (Lipinski definition) is 7. The number of fused-ring (bicyclic) bond motifs is 2. The highest BCUT2D eigenvalue weighted by atomic mass is 79.9. The van der Waals surface area contributed by atoms with Gasteiger partial charge in [0.25, 0.3) is 0 Å². The molecule has 1 atom stereocenters. The number of rotatable bonds is 4.